The van der Waals surface area contributed by atoms with Crippen LogP contribution in [0.2, 0.25) is 0 Å². The SMILES string of the molecule is CN(C)CCn1ncc(Br)c1C1(O)CCC(N)C1. The van der Waals surface area contributed by atoms with Crippen molar-refractivity contribution in [2.24, 2.45) is 5.73 Å². The van der Waals surface area contributed by atoms with E-state index in [1.807, 2.05) is 18.8 Å². The molecule has 0 amide bonds. The molecule has 0 aromatic carbocycles. The zero-order chi connectivity index (χ0) is 13.3. The summed E-state index contributed by atoms with van der Waals surface area (Å²) in [6, 6.07) is 0.0825. The molecule has 0 saturated heterocycles. The largest absolute Gasteiger partial charge is 0.383 e. The minimum atomic E-state index is -0.832. The van der Waals surface area contributed by atoms with Crippen LogP contribution in [0.5, 0.6) is 0 Å². The lowest BCUT2D eigenvalue weighted by Gasteiger charge is -2.25. The highest BCUT2D eigenvalue weighted by molar-refractivity contribution is 9.10. The minimum absolute atomic E-state index is 0.0825. The molecule has 18 heavy (non-hydrogen) atoms. The zero-order valence-corrected chi connectivity index (χ0v) is 12.5. The number of aliphatic hydroxyl groups is 1. The lowest BCUT2D eigenvalue weighted by molar-refractivity contribution is 0.0325. The van der Waals surface area contributed by atoms with Crippen molar-refractivity contribution < 1.29 is 5.11 Å². The van der Waals surface area contributed by atoms with Crippen LogP contribution in [-0.2, 0) is 12.1 Å². The van der Waals surface area contributed by atoms with Gasteiger partial charge in [0.15, 0.2) is 0 Å². The number of aromatic nitrogens is 2. The Labute approximate surface area is 116 Å². The molecule has 1 aromatic heterocycles. The molecule has 1 heterocycles. The lowest BCUT2D eigenvalue weighted by atomic mass is 9.97. The summed E-state index contributed by atoms with van der Waals surface area (Å²) >= 11 is 3.49. The second-order valence-corrected chi connectivity index (χ2v) is 6.26. The topological polar surface area (TPSA) is 67.3 Å². The van der Waals surface area contributed by atoms with Crippen LogP contribution in [0.3, 0.4) is 0 Å². The summed E-state index contributed by atoms with van der Waals surface area (Å²) in [4.78, 5) is 2.10. The Morgan fingerprint density at radius 2 is 2.39 bits per heavy atom. The van der Waals surface area contributed by atoms with Crippen LogP contribution >= 0.6 is 15.9 Å². The van der Waals surface area contributed by atoms with Crippen molar-refractivity contribution in [3.8, 4) is 0 Å². The fraction of sp³-hybridized carbons (Fsp3) is 0.750. The summed E-state index contributed by atoms with van der Waals surface area (Å²) in [6.45, 7) is 1.66. The first-order valence-electron chi connectivity index (χ1n) is 6.27. The molecule has 1 aliphatic carbocycles. The van der Waals surface area contributed by atoms with Crippen molar-refractivity contribution >= 4 is 15.9 Å². The van der Waals surface area contributed by atoms with Gasteiger partial charge in [0, 0.05) is 12.6 Å². The Kier molecular flexibility index (Phi) is 4.11. The third-order valence-corrected chi connectivity index (χ3v) is 4.10. The molecular formula is C12H21BrN4O. The van der Waals surface area contributed by atoms with E-state index in [-0.39, 0.29) is 6.04 Å². The molecule has 2 unspecified atom stereocenters. The highest BCUT2D eigenvalue weighted by Gasteiger charge is 2.41. The smallest absolute Gasteiger partial charge is 0.109 e. The second-order valence-electron chi connectivity index (χ2n) is 5.40. The molecule has 6 heteroatoms. The third-order valence-electron chi connectivity index (χ3n) is 3.52. The fourth-order valence-electron chi connectivity index (χ4n) is 2.57. The summed E-state index contributed by atoms with van der Waals surface area (Å²) in [5, 5.41) is 15.1. The normalized spacial score (nSPS) is 28.2. The molecule has 0 bridgehead atoms. The molecule has 0 spiro atoms. The first-order valence-corrected chi connectivity index (χ1v) is 7.06. The Hall–Kier alpha value is -0.430. The van der Waals surface area contributed by atoms with Crippen molar-refractivity contribution in [2.45, 2.75) is 37.5 Å². The summed E-state index contributed by atoms with van der Waals surface area (Å²) in [5.74, 6) is 0. The second kappa shape index (κ2) is 5.28. The van der Waals surface area contributed by atoms with Crippen molar-refractivity contribution in [2.75, 3.05) is 20.6 Å². The van der Waals surface area contributed by atoms with Crippen LogP contribution in [-0.4, -0.2) is 46.5 Å². The van der Waals surface area contributed by atoms with Gasteiger partial charge >= 0.3 is 0 Å². The predicted octanol–water partition coefficient (Wildman–Crippen LogP) is 0.906. The van der Waals surface area contributed by atoms with Gasteiger partial charge in [-0.3, -0.25) is 4.68 Å². The molecule has 1 aliphatic rings. The van der Waals surface area contributed by atoms with Crippen molar-refractivity contribution in [3.05, 3.63) is 16.4 Å². The molecule has 102 valence electrons. The quantitative estimate of drug-likeness (QED) is 0.866. The Balaban J connectivity index is 2.23. The van der Waals surface area contributed by atoms with E-state index < -0.39 is 5.60 Å². The molecule has 1 saturated carbocycles. The molecule has 5 nitrogen and oxygen atoms in total. The Morgan fingerprint density at radius 1 is 1.67 bits per heavy atom. The third kappa shape index (κ3) is 2.77. The predicted molar refractivity (Wildman–Crippen MR) is 74.2 cm³/mol. The monoisotopic (exact) mass is 316 g/mol. The maximum Gasteiger partial charge on any atom is 0.109 e. The Morgan fingerprint density at radius 3 is 2.94 bits per heavy atom. The van der Waals surface area contributed by atoms with Crippen LogP contribution in [0.25, 0.3) is 0 Å². The van der Waals surface area contributed by atoms with Crippen LogP contribution < -0.4 is 5.73 Å². The summed E-state index contributed by atoms with van der Waals surface area (Å²) in [7, 11) is 4.05. The van der Waals surface area contributed by atoms with Crippen molar-refractivity contribution in [3.63, 3.8) is 0 Å². The van der Waals surface area contributed by atoms with Gasteiger partial charge in [0.2, 0.25) is 0 Å². The number of halogens is 1. The summed E-state index contributed by atoms with van der Waals surface area (Å²) in [5.41, 5.74) is 5.97. The van der Waals surface area contributed by atoms with Gasteiger partial charge in [-0.05, 0) is 49.3 Å². The van der Waals surface area contributed by atoms with Crippen LogP contribution in [0.15, 0.2) is 10.7 Å². The van der Waals surface area contributed by atoms with Gasteiger partial charge < -0.3 is 15.7 Å². The average Bonchev–Trinajstić information content (AvgIpc) is 2.80. The highest BCUT2D eigenvalue weighted by Crippen LogP contribution is 2.41. The maximum absolute atomic E-state index is 10.8. The molecule has 1 fully saturated rings. The van der Waals surface area contributed by atoms with E-state index in [4.69, 9.17) is 5.73 Å². The number of nitrogens with two attached hydrogens (primary N) is 1. The first-order chi connectivity index (χ1) is 8.42. The molecule has 0 radical (unpaired) electrons. The summed E-state index contributed by atoms with van der Waals surface area (Å²) < 4.78 is 2.76. The number of rotatable bonds is 4. The number of hydrogen-bond donors (Lipinski definition) is 2. The van der Waals surface area contributed by atoms with E-state index in [1.165, 1.54) is 0 Å². The van der Waals surface area contributed by atoms with E-state index in [9.17, 15) is 5.11 Å². The average molecular weight is 317 g/mol. The van der Waals surface area contributed by atoms with E-state index in [0.29, 0.717) is 12.8 Å². The number of nitrogens with zero attached hydrogens (tertiary/aromatic N) is 3. The highest BCUT2D eigenvalue weighted by atomic mass is 79.9. The molecule has 3 N–H and O–H groups in total. The van der Waals surface area contributed by atoms with Crippen LogP contribution in [0.4, 0.5) is 0 Å². The van der Waals surface area contributed by atoms with E-state index in [1.54, 1.807) is 6.20 Å². The fourth-order valence-corrected chi connectivity index (χ4v) is 3.23. The number of likely N-dealkylation sites (N-methyl/N-ethyl adjacent to an activating group) is 1. The van der Waals surface area contributed by atoms with E-state index in [2.05, 4.69) is 25.9 Å². The van der Waals surface area contributed by atoms with E-state index >= 15 is 0 Å². The number of hydrogen-bond acceptors (Lipinski definition) is 4. The van der Waals surface area contributed by atoms with Gasteiger partial charge in [-0.25, -0.2) is 0 Å². The first kappa shape index (κ1) is 14.0. The van der Waals surface area contributed by atoms with Gasteiger partial charge in [0.05, 0.1) is 22.9 Å². The minimum Gasteiger partial charge on any atom is -0.383 e. The molecule has 2 atom stereocenters. The van der Waals surface area contributed by atoms with Gasteiger partial charge in [-0.15, -0.1) is 0 Å². The summed E-state index contributed by atoms with van der Waals surface area (Å²) in [6.07, 6.45) is 3.94. The van der Waals surface area contributed by atoms with Gasteiger partial charge in [-0.1, -0.05) is 0 Å². The standard InChI is InChI=1S/C12H21BrN4O/c1-16(2)5-6-17-11(10(13)8-15-17)12(18)4-3-9(14)7-12/h8-9,18H,3-7,14H2,1-2H3. The van der Waals surface area contributed by atoms with Crippen LogP contribution in [0, 0.1) is 0 Å². The molecule has 0 aliphatic heterocycles. The molecule has 2 rings (SSSR count). The van der Waals surface area contributed by atoms with Crippen LogP contribution in [0.1, 0.15) is 25.0 Å². The zero-order valence-electron chi connectivity index (χ0n) is 10.9. The van der Waals surface area contributed by atoms with Crippen molar-refractivity contribution in [1.29, 1.82) is 0 Å². The molecule has 1 aromatic rings. The van der Waals surface area contributed by atoms with Gasteiger partial charge in [0.1, 0.15) is 5.60 Å². The van der Waals surface area contributed by atoms with Gasteiger partial charge in [-0.2, -0.15) is 5.10 Å². The van der Waals surface area contributed by atoms with Gasteiger partial charge in [0.25, 0.3) is 0 Å². The molecular weight excluding hydrogens is 296 g/mol. The Bertz CT molecular complexity index is 420. The maximum atomic E-state index is 10.8. The van der Waals surface area contributed by atoms with E-state index in [0.717, 1.165) is 29.7 Å². The lowest BCUT2D eigenvalue weighted by Crippen LogP contribution is -2.30. The van der Waals surface area contributed by atoms with Crippen molar-refractivity contribution in [1.82, 2.24) is 14.7 Å².